The number of benzene rings is 1. The second-order valence-electron chi connectivity index (χ2n) is 5.43. The molecule has 1 unspecified atom stereocenters. The fourth-order valence-electron chi connectivity index (χ4n) is 2.66. The van der Waals surface area contributed by atoms with E-state index in [0.717, 1.165) is 29.7 Å². The van der Waals surface area contributed by atoms with E-state index in [1.807, 2.05) is 32.0 Å². The van der Waals surface area contributed by atoms with Crippen LogP contribution in [0.15, 0.2) is 18.2 Å². The number of nitrogens with one attached hydrogen (secondary N) is 1. The van der Waals surface area contributed by atoms with E-state index in [-0.39, 0.29) is 6.54 Å². The predicted molar refractivity (Wildman–Crippen MR) is 81.2 cm³/mol. The topological polar surface area (TPSA) is 69.6 Å². The Hall–Kier alpha value is -1.88. The van der Waals surface area contributed by atoms with E-state index in [4.69, 9.17) is 0 Å². The molecule has 0 saturated heterocycles. The minimum atomic E-state index is -0.653. The second-order valence-corrected chi connectivity index (χ2v) is 5.43. The van der Waals surface area contributed by atoms with Gasteiger partial charge in [0.25, 0.3) is 0 Å². The molecule has 0 radical (unpaired) electrons. The third-order valence-corrected chi connectivity index (χ3v) is 3.82. The van der Waals surface area contributed by atoms with Crippen molar-refractivity contribution in [2.24, 2.45) is 0 Å². The van der Waals surface area contributed by atoms with Crippen molar-refractivity contribution in [3.8, 4) is 0 Å². The Kier molecular flexibility index (Phi) is 4.96. The lowest BCUT2D eigenvalue weighted by Crippen LogP contribution is -2.44. The van der Waals surface area contributed by atoms with Gasteiger partial charge in [-0.1, -0.05) is 25.5 Å². The average molecular weight is 290 g/mol. The van der Waals surface area contributed by atoms with Crippen LogP contribution in [-0.4, -0.2) is 36.1 Å². The number of carbonyl (C=O) groups excluding carboxylic acids is 2. The minimum absolute atomic E-state index is 0.118. The van der Waals surface area contributed by atoms with Crippen LogP contribution in [0.25, 0.3) is 0 Å². The molecule has 5 heteroatoms. The van der Waals surface area contributed by atoms with E-state index in [9.17, 15) is 14.7 Å². The highest BCUT2D eigenvalue weighted by atomic mass is 16.3. The van der Waals surface area contributed by atoms with Crippen LogP contribution in [0, 0.1) is 6.92 Å². The molecule has 114 valence electrons. The number of fused-ring (bicyclic) bond motifs is 1. The molecule has 0 spiro atoms. The second kappa shape index (κ2) is 6.72. The molecule has 0 bridgehead atoms. The predicted octanol–water partition coefficient (Wildman–Crippen LogP) is 1.16. The molecule has 1 aromatic rings. The molecule has 21 heavy (non-hydrogen) atoms. The van der Waals surface area contributed by atoms with E-state index >= 15 is 0 Å². The van der Waals surface area contributed by atoms with Crippen LogP contribution in [0.1, 0.15) is 30.9 Å². The quantitative estimate of drug-likeness (QED) is 0.818. The Balaban J connectivity index is 1.99. The number of carbonyl (C=O) groups is 2. The highest BCUT2D eigenvalue weighted by Gasteiger charge is 2.29. The molecule has 1 aromatic carbocycles. The number of hydrogen-bond acceptors (Lipinski definition) is 3. The van der Waals surface area contributed by atoms with Gasteiger partial charge in [0.15, 0.2) is 0 Å². The number of hydrogen-bond donors (Lipinski definition) is 2. The lowest BCUT2D eigenvalue weighted by molar-refractivity contribution is -0.137. The number of anilines is 1. The number of aliphatic hydroxyl groups is 1. The summed E-state index contributed by atoms with van der Waals surface area (Å²) < 4.78 is 0. The number of aliphatic hydroxyl groups excluding tert-OH is 1. The third kappa shape index (κ3) is 3.42. The molecule has 1 atom stereocenters. The summed E-state index contributed by atoms with van der Waals surface area (Å²) in [6.07, 6.45) is 1.63. The van der Waals surface area contributed by atoms with Crippen molar-refractivity contribution in [1.29, 1.82) is 0 Å². The highest BCUT2D eigenvalue weighted by molar-refractivity contribution is 6.40. The van der Waals surface area contributed by atoms with Crippen LogP contribution in [0.2, 0.25) is 0 Å². The first-order chi connectivity index (χ1) is 10.0. The van der Waals surface area contributed by atoms with Crippen molar-refractivity contribution in [2.75, 3.05) is 18.0 Å². The van der Waals surface area contributed by atoms with E-state index in [2.05, 4.69) is 5.32 Å². The molecule has 0 aromatic heterocycles. The Bertz CT molecular complexity index is 542. The summed E-state index contributed by atoms with van der Waals surface area (Å²) in [5.74, 6) is -1.21. The normalized spacial score (nSPS) is 14.7. The van der Waals surface area contributed by atoms with Gasteiger partial charge in [-0.2, -0.15) is 0 Å². The molecule has 1 aliphatic rings. The lowest BCUT2D eigenvalue weighted by atomic mass is 10.1. The van der Waals surface area contributed by atoms with Crippen LogP contribution in [-0.2, 0) is 16.0 Å². The number of nitrogens with zero attached hydrogens (tertiary/aromatic N) is 1. The maximum atomic E-state index is 12.2. The standard InChI is InChI=1S/C16H22N2O3/c1-3-5-12(19)10-17-15(20)16(21)18-9-8-13-11(2)6-4-7-14(13)18/h4,6-7,12,19H,3,5,8-10H2,1-2H3,(H,17,20). The van der Waals surface area contributed by atoms with Gasteiger partial charge >= 0.3 is 11.8 Å². The molecule has 2 amide bonds. The fourth-order valence-corrected chi connectivity index (χ4v) is 2.66. The van der Waals surface area contributed by atoms with Crippen LogP contribution < -0.4 is 10.2 Å². The molecule has 0 aliphatic carbocycles. The SMILES string of the molecule is CCCC(O)CNC(=O)C(=O)N1CCc2c(C)cccc21. The minimum Gasteiger partial charge on any atom is -0.391 e. The van der Waals surface area contributed by atoms with E-state index in [1.54, 1.807) is 0 Å². The summed E-state index contributed by atoms with van der Waals surface area (Å²) in [6, 6.07) is 5.77. The van der Waals surface area contributed by atoms with Gasteiger partial charge in [-0.3, -0.25) is 9.59 Å². The van der Waals surface area contributed by atoms with Gasteiger partial charge in [0, 0.05) is 18.8 Å². The first-order valence-corrected chi connectivity index (χ1v) is 7.40. The zero-order valence-corrected chi connectivity index (χ0v) is 12.6. The maximum Gasteiger partial charge on any atom is 0.316 e. The van der Waals surface area contributed by atoms with Crippen LogP contribution in [0.5, 0.6) is 0 Å². The van der Waals surface area contributed by atoms with Crippen molar-refractivity contribution in [1.82, 2.24) is 5.32 Å². The van der Waals surface area contributed by atoms with Gasteiger partial charge in [-0.05, 0) is 37.0 Å². The van der Waals surface area contributed by atoms with E-state index < -0.39 is 17.9 Å². The number of rotatable bonds is 4. The molecule has 1 aliphatic heterocycles. The summed E-state index contributed by atoms with van der Waals surface area (Å²) >= 11 is 0. The highest BCUT2D eigenvalue weighted by Crippen LogP contribution is 2.30. The molecule has 0 fully saturated rings. The smallest absolute Gasteiger partial charge is 0.316 e. The van der Waals surface area contributed by atoms with Crippen LogP contribution in [0.4, 0.5) is 5.69 Å². The molecule has 1 heterocycles. The molecule has 0 saturated carbocycles. The summed E-state index contributed by atoms with van der Waals surface area (Å²) in [6.45, 7) is 4.62. The summed E-state index contributed by atoms with van der Waals surface area (Å²) in [4.78, 5) is 25.7. The van der Waals surface area contributed by atoms with Crippen LogP contribution in [0.3, 0.4) is 0 Å². The largest absolute Gasteiger partial charge is 0.391 e. The third-order valence-electron chi connectivity index (χ3n) is 3.82. The van der Waals surface area contributed by atoms with Crippen molar-refractivity contribution >= 4 is 17.5 Å². The van der Waals surface area contributed by atoms with E-state index in [0.29, 0.717) is 13.0 Å². The molecular formula is C16H22N2O3. The first-order valence-electron chi connectivity index (χ1n) is 7.40. The molecule has 2 N–H and O–H groups in total. The van der Waals surface area contributed by atoms with Gasteiger partial charge in [0.05, 0.1) is 6.10 Å². The monoisotopic (exact) mass is 290 g/mol. The maximum absolute atomic E-state index is 12.2. The summed E-state index contributed by atoms with van der Waals surface area (Å²) in [7, 11) is 0. The molecular weight excluding hydrogens is 268 g/mol. The average Bonchev–Trinajstić information content (AvgIpc) is 2.89. The Morgan fingerprint density at radius 2 is 2.19 bits per heavy atom. The molecule has 5 nitrogen and oxygen atoms in total. The number of aryl methyl sites for hydroxylation is 1. The van der Waals surface area contributed by atoms with Gasteiger partial charge in [-0.25, -0.2) is 0 Å². The Morgan fingerprint density at radius 1 is 1.43 bits per heavy atom. The first kappa shape index (κ1) is 15.5. The van der Waals surface area contributed by atoms with Crippen molar-refractivity contribution in [3.05, 3.63) is 29.3 Å². The Labute approximate surface area is 125 Å². The van der Waals surface area contributed by atoms with Crippen molar-refractivity contribution in [2.45, 2.75) is 39.2 Å². The summed E-state index contributed by atoms with van der Waals surface area (Å²) in [5.41, 5.74) is 3.09. The van der Waals surface area contributed by atoms with Crippen molar-refractivity contribution < 1.29 is 14.7 Å². The van der Waals surface area contributed by atoms with Crippen molar-refractivity contribution in [3.63, 3.8) is 0 Å². The summed E-state index contributed by atoms with van der Waals surface area (Å²) in [5, 5.41) is 12.1. The Morgan fingerprint density at radius 3 is 2.90 bits per heavy atom. The van der Waals surface area contributed by atoms with Crippen LogP contribution >= 0.6 is 0 Å². The van der Waals surface area contributed by atoms with Gasteiger partial charge in [-0.15, -0.1) is 0 Å². The lowest BCUT2D eigenvalue weighted by Gasteiger charge is -2.18. The van der Waals surface area contributed by atoms with Gasteiger partial charge < -0.3 is 15.3 Å². The number of amides is 2. The zero-order valence-electron chi connectivity index (χ0n) is 12.6. The van der Waals surface area contributed by atoms with Gasteiger partial charge in [0.2, 0.25) is 0 Å². The zero-order chi connectivity index (χ0) is 15.4. The van der Waals surface area contributed by atoms with E-state index in [1.165, 1.54) is 4.90 Å². The molecule has 2 rings (SSSR count). The van der Waals surface area contributed by atoms with Gasteiger partial charge in [0.1, 0.15) is 0 Å². The fraction of sp³-hybridized carbons (Fsp3) is 0.500.